The average molecular weight is 268 g/mol. The van der Waals surface area contributed by atoms with Gasteiger partial charge in [-0.25, -0.2) is 0 Å². The van der Waals surface area contributed by atoms with Gasteiger partial charge in [0.2, 0.25) is 5.91 Å². The van der Waals surface area contributed by atoms with Crippen LogP contribution in [0.1, 0.15) is 46.5 Å². The fourth-order valence-corrected chi connectivity index (χ4v) is 3.76. The Labute approximate surface area is 115 Å². The normalized spacial score (nSPS) is 34.8. The van der Waals surface area contributed by atoms with Crippen molar-refractivity contribution in [2.45, 2.75) is 46.5 Å². The van der Waals surface area contributed by atoms with Crippen LogP contribution in [0.4, 0.5) is 0 Å². The van der Waals surface area contributed by atoms with Crippen LogP contribution in [0.15, 0.2) is 0 Å². The molecule has 2 fully saturated rings. The molecule has 0 atom stereocenters. The minimum atomic E-state index is -0.526. The minimum Gasteiger partial charge on any atom is -0.392 e. The van der Waals surface area contributed by atoms with Crippen molar-refractivity contribution in [1.29, 1.82) is 0 Å². The van der Waals surface area contributed by atoms with Gasteiger partial charge in [-0.3, -0.25) is 4.79 Å². The molecule has 1 saturated carbocycles. The van der Waals surface area contributed by atoms with E-state index < -0.39 is 5.41 Å². The summed E-state index contributed by atoms with van der Waals surface area (Å²) in [6, 6.07) is 0. The standard InChI is InChI=1S/C14H24N2OS/c1-10-7-14(8-10,11(15)18)12(17)16-6-4-5-13(2,3)9-16/h10H,4-9H2,1-3H3,(H2,15,18). The van der Waals surface area contributed by atoms with Crippen molar-refractivity contribution in [2.75, 3.05) is 13.1 Å². The molecule has 1 amide bonds. The maximum Gasteiger partial charge on any atom is 0.235 e. The molecule has 1 aliphatic carbocycles. The lowest BCUT2D eigenvalue weighted by molar-refractivity contribution is -0.147. The number of nitrogens with zero attached hydrogens (tertiary/aromatic N) is 1. The number of amides is 1. The SMILES string of the molecule is CC1CC(C(=O)N2CCCC(C)(C)C2)(C(N)=S)C1. The fraction of sp³-hybridized carbons (Fsp3) is 0.857. The predicted octanol–water partition coefficient (Wildman–Crippen LogP) is 2.34. The number of rotatable bonds is 2. The summed E-state index contributed by atoms with van der Waals surface area (Å²) in [6.07, 6.45) is 3.94. The van der Waals surface area contributed by atoms with Crippen LogP contribution in [0, 0.1) is 16.7 Å². The highest BCUT2D eigenvalue weighted by Gasteiger charge is 2.53. The molecule has 0 aromatic carbocycles. The van der Waals surface area contributed by atoms with E-state index in [1.54, 1.807) is 0 Å². The van der Waals surface area contributed by atoms with Crippen molar-refractivity contribution < 1.29 is 4.79 Å². The van der Waals surface area contributed by atoms with Crippen molar-refractivity contribution in [1.82, 2.24) is 4.90 Å². The highest BCUT2D eigenvalue weighted by molar-refractivity contribution is 7.80. The maximum absolute atomic E-state index is 12.7. The van der Waals surface area contributed by atoms with Gasteiger partial charge in [-0.15, -0.1) is 0 Å². The molecular weight excluding hydrogens is 244 g/mol. The van der Waals surface area contributed by atoms with Crippen LogP contribution in [0.2, 0.25) is 0 Å². The molecular formula is C14H24N2OS. The molecule has 2 rings (SSSR count). The first-order valence-electron chi connectivity index (χ1n) is 6.86. The van der Waals surface area contributed by atoms with Gasteiger partial charge in [-0.1, -0.05) is 33.0 Å². The summed E-state index contributed by atoms with van der Waals surface area (Å²) >= 11 is 5.17. The maximum atomic E-state index is 12.7. The minimum absolute atomic E-state index is 0.181. The Morgan fingerprint density at radius 1 is 1.39 bits per heavy atom. The summed E-state index contributed by atoms with van der Waals surface area (Å²) < 4.78 is 0. The third-order valence-electron chi connectivity index (χ3n) is 4.46. The molecule has 2 aliphatic rings. The van der Waals surface area contributed by atoms with Gasteiger partial charge in [-0.2, -0.15) is 0 Å². The molecule has 0 bridgehead atoms. The van der Waals surface area contributed by atoms with Gasteiger partial charge in [-0.05, 0) is 37.0 Å². The van der Waals surface area contributed by atoms with Crippen molar-refractivity contribution in [3.63, 3.8) is 0 Å². The number of hydrogen-bond donors (Lipinski definition) is 1. The zero-order valence-corrected chi connectivity index (χ0v) is 12.5. The van der Waals surface area contributed by atoms with Gasteiger partial charge in [0, 0.05) is 13.1 Å². The quantitative estimate of drug-likeness (QED) is 0.782. The van der Waals surface area contributed by atoms with Gasteiger partial charge in [0.15, 0.2) is 0 Å². The number of hydrogen-bond acceptors (Lipinski definition) is 2. The Bertz CT molecular complexity index is 372. The summed E-state index contributed by atoms with van der Waals surface area (Å²) in [6.45, 7) is 8.31. The largest absolute Gasteiger partial charge is 0.392 e. The second kappa shape index (κ2) is 4.48. The van der Waals surface area contributed by atoms with E-state index in [4.69, 9.17) is 18.0 Å². The number of piperidine rings is 1. The molecule has 4 heteroatoms. The molecule has 3 nitrogen and oxygen atoms in total. The van der Waals surface area contributed by atoms with E-state index in [2.05, 4.69) is 20.8 Å². The Morgan fingerprint density at radius 2 is 2.00 bits per heavy atom. The first-order valence-corrected chi connectivity index (χ1v) is 7.27. The Balaban J connectivity index is 2.13. The third-order valence-corrected chi connectivity index (χ3v) is 4.85. The molecule has 0 aromatic heterocycles. The molecule has 0 radical (unpaired) electrons. The zero-order chi connectivity index (χ0) is 13.6. The Kier molecular flexibility index (Phi) is 3.43. The van der Waals surface area contributed by atoms with Crippen LogP contribution >= 0.6 is 12.2 Å². The molecule has 1 aliphatic heterocycles. The van der Waals surface area contributed by atoms with E-state index in [-0.39, 0.29) is 11.3 Å². The Morgan fingerprint density at radius 3 is 2.44 bits per heavy atom. The van der Waals surface area contributed by atoms with Crippen LogP contribution in [0.3, 0.4) is 0 Å². The zero-order valence-electron chi connectivity index (χ0n) is 11.7. The molecule has 1 heterocycles. The van der Waals surface area contributed by atoms with Gasteiger partial charge < -0.3 is 10.6 Å². The van der Waals surface area contributed by atoms with Crippen LogP contribution in [0.5, 0.6) is 0 Å². The van der Waals surface area contributed by atoms with E-state index in [0.29, 0.717) is 10.9 Å². The predicted molar refractivity (Wildman–Crippen MR) is 77.2 cm³/mol. The van der Waals surface area contributed by atoms with Crippen LogP contribution < -0.4 is 5.73 Å². The lowest BCUT2D eigenvalue weighted by Gasteiger charge is -2.49. The molecule has 0 unspecified atom stereocenters. The van der Waals surface area contributed by atoms with Crippen molar-refractivity contribution >= 4 is 23.1 Å². The summed E-state index contributed by atoms with van der Waals surface area (Å²) in [5.41, 5.74) is 5.55. The van der Waals surface area contributed by atoms with E-state index in [1.165, 1.54) is 6.42 Å². The monoisotopic (exact) mass is 268 g/mol. The molecule has 1 saturated heterocycles. The van der Waals surface area contributed by atoms with Crippen molar-refractivity contribution in [3.8, 4) is 0 Å². The molecule has 0 aromatic rings. The van der Waals surface area contributed by atoms with Crippen LogP contribution in [-0.4, -0.2) is 28.9 Å². The van der Waals surface area contributed by atoms with Gasteiger partial charge in [0.05, 0.1) is 10.4 Å². The van der Waals surface area contributed by atoms with E-state index in [9.17, 15) is 4.79 Å². The second-order valence-corrected chi connectivity index (χ2v) is 7.39. The van der Waals surface area contributed by atoms with E-state index >= 15 is 0 Å². The lowest BCUT2D eigenvalue weighted by Crippen LogP contribution is -2.59. The van der Waals surface area contributed by atoms with Crippen LogP contribution in [0.25, 0.3) is 0 Å². The molecule has 18 heavy (non-hydrogen) atoms. The number of likely N-dealkylation sites (tertiary alicyclic amines) is 1. The highest BCUT2D eigenvalue weighted by Crippen LogP contribution is 2.48. The van der Waals surface area contributed by atoms with E-state index in [1.807, 2.05) is 4.90 Å². The van der Waals surface area contributed by atoms with Crippen molar-refractivity contribution in [2.24, 2.45) is 22.5 Å². The lowest BCUT2D eigenvalue weighted by atomic mass is 9.61. The number of thiocarbonyl (C=S) groups is 1. The summed E-state index contributed by atoms with van der Waals surface area (Å²) in [5, 5.41) is 0. The molecule has 2 N–H and O–H groups in total. The first-order chi connectivity index (χ1) is 8.27. The second-order valence-electron chi connectivity index (χ2n) is 6.95. The summed E-state index contributed by atoms with van der Waals surface area (Å²) in [4.78, 5) is 15.1. The fourth-order valence-electron chi connectivity index (χ4n) is 3.51. The summed E-state index contributed by atoms with van der Waals surface area (Å²) in [5.74, 6) is 0.745. The number of nitrogens with two attached hydrogens (primary N) is 1. The van der Waals surface area contributed by atoms with Gasteiger partial charge >= 0.3 is 0 Å². The smallest absolute Gasteiger partial charge is 0.235 e. The highest BCUT2D eigenvalue weighted by atomic mass is 32.1. The summed E-state index contributed by atoms with van der Waals surface area (Å²) in [7, 11) is 0. The molecule has 102 valence electrons. The van der Waals surface area contributed by atoms with E-state index in [0.717, 1.165) is 32.4 Å². The Hall–Kier alpha value is -0.640. The average Bonchev–Trinajstić information content (AvgIpc) is 2.21. The van der Waals surface area contributed by atoms with Gasteiger partial charge in [0.1, 0.15) is 0 Å². The van der Waals surface area contributed by atoms with Crippen molar-refractivity contribution in [3.05, 3.63) is 0 Å². The first kappa shape index (κ1) is 13.8. The third kappa shape index (κ3) is 2.27. The number of carbonyl (C=O) groups excluding carboxylic acids is 1. The van der Waals surface area contributed by atoms with Gasteiger partial charge in [0.25, 0.3) is 0 Å². The topological polar surface area (TPSA) is 46.3 Å². The molecule has 0 spiro atoms. The number of carbonyl (C=O) groups is 1. The van der Waals surface area contributed by atoms with Crippen LogP contribution in [-0.2, 0) is 4.79 Å².